The van der Waals surface area contributed by atoms with Gasteiger partial charge < -0.3 is 23.7 Å². The first-order valence-corrected chi connectivity index (χ1v) is 9.46. The third kappa shape index (κ3) is 3.47. The molecule has 2 aromatic carbocycles. The van der Waals surface area contributed by atoms with Crippen LogP contribution in [0.4, 0.5) is 0 Å². The molecule has 2 aliphatic rings. The molecular weight excluding hydrogens is 388 g/mol. The Bertz CT molecular complexity index is 1070. The molecule has 0 atom stereocenters. The van der Waals surface area contributed by atoms with Crippen LogP contribution in [0.3, 0.4) is 0 Å². The van der Waals surface area contributed by atoms with Gasteiger partial charge in [-0.05, 0) is 44.2 Å². The van der Waals surface area contributed by atoms with E-state index in [1.54, 1.807) is 24.3 Å². The van der Waals surface area contributed by atoms with Crippen molar-refractivity contribution < 1.29 is 33.3 Å². The van der Waals surface area contributed by atoms with Gasteiger partial charge in [0.1, 0.15) is 28.4 Å². The zero-order valence-corrected chi connectivity index (χ0v) is 17.2. The lowest BCUT2D eigenvalue weighted by Crippen LogP contribution is -2.28. The summed E-state index contributed by atoms with van der Waals surface area (Å²) in [7, 11) is 2.93. The van der Waals surface area contributed by atoms with E-state index < -0.39 is 11.4 Å². The maximum absolute atomic E-state index is 13.1. The molecule has 2 aliphatic heterocycles. The maximum Gasteiger partial charge on any atom is 0.231 e. The van der Waals surface area contributed by atoms with Crippen molar-refractivity contribution in [3.05, 3.63) is 47.0 Å². The van der Waals surface area contributed by atoms with E-state index in [1.807, 2.05) is 26.0 Å². The standard InChI is InChI=1S/C23H22O7/c1-23(2)8-7-14-18(30-23)11-20(26-3)21(22(14)27-4)16(25)10-15(24)13-5-6-17-19(9-13)29-12-28-17/h5-9,11H,10,12H2,1-4H3. The van der Waals surface area contributed by atoms with Gasteiger partial charge in [-0.25, -0.2) is 0 Å². The molecule has 30 heavy (non-hydrogen) atoms. The molecule has 0 saturated carbocycles. The molecule has 0 fully saturated rings. The van der Waals surface area contributed by atoms with Crippen molar-refractivity contribution >= 4 is 17.6 Å². The van der Waals surface area contributed by atoms with Crippen molar-refractivity contribution in [3.8, 4) is 28.7 Å². The van der Waals surface area contributed by atoms with Gasteiger partial charge in [0.25, 0.3) is 0 Å². The number of Topliss-reactive ketones (excluding diaryl/α,β-unsaturated/α-hetero) is 2. The number of benzene rings is 2. The summed E-state index contributed by atoms with van der Waals surface area (Å²) >= 11 is 0. The van der Waals surface area contributed by atoms with Crippen molar-refractivity contribution in [1.82, 2.24) is 0 Å². The van der Waals surface area contributed by atoms with Crippen LogP contribution in [0.25, 0.3) is 6.08 Å². The van der Waals surface area contributed by atoms with Crippen LogP contribution in [-0.2, 0) is 0 Å². The smallest absolute Gasteiger partial charge is 0.231 e. The monoisotopic (exact) mass is 410 g/mol. The number of ketones is 2. The summed E-state index contributed by atoms with van der Waals surface area (Å²) in [6, 6.07) is 6.51. The van der Waals surface area contributed by atoms with Crippen LogP contribution in [-0.4, -0.2) is 38.2 Å². The van der Waals surface area contributed by atoms with E-state index in [0.717, 1.165) is 0 Å². The summed E-state index contributed by atoms with van der Waals surface area (Å²) in [5.74, 6) is 1.47. The van der Waals surface area contributed by atoms with Crippen molar-refractivity contribution in [1.29, 1.82) is 0 Å². The average molecular weight is 410 g/mol. The average Bonchev–Trinajstić information content (AvgIpc) is 3.19. The van der Waals surface area contributed by atoms with Crippen LogP contribution in [0.2, 0.25) is 0 Å². The van der Waals surface area contributed by atoms with E-state index in [2.05, 4.69) is 0 Å². The molecule has 0 saturated heterocycles. The Labute approximate surface area is 174 Å². The van der Waals surface area contributed by atoms with Crippen LogP contribution in [0.5, 0.6) is 28.7 Å². The first kappa shape index (κ1) is 19.8. The van der Waals surface area contributed by atoms with Crippen LogP contribution >= 0.6 is 0 Å². The van der Waals surface area contributed by atoms with Gasteiger partial charge in [-0.15, -0.1) is 0 Å². The predicted molar refractivity (Wildman–Crippen MR) is 109 cm³/mol. The first-order valence-electron chi connectivity index (χ1n) is 9.46. The van der Waals surface area contributed by atoms with Crippen LogP contribution in [0.1, 0.15) is 46.5 Å². The number of hydrogen-bond acceptors (Lipinski definition) is 7. The summed E-state index contributed by atoms with van der Waals surface area (Å²) < 4.78 is 27.5. The van der Waals surface area contributed by atoms with Crippen molar-refractivity contribution in [2.24, 2.45) is 0 Å². The number of carbonyl (C=O) groups excluding carboxylic acids is 2. The van der Waals surface area contributed by atoms with Gasteiger partial charge in [-0.3, -0.25) is 9.59 Å². The molecule has 0 N–H and O–H groups in total. The molecule has 0 bridgehead atoms. The number of fused-ring (bicyclic) bond motifs is 2. The van der Waals surface area contributed by atoms with Gasteiger partial charge in [-0.1, -0.05) is 0 Å². The van der Waals surface area contributed by atoms with E-state index in [9.17, 15) is 9.59 Å². The van der Waals surface area contributed by atoms with E-state index >= 15 is 0 Å². The molecule has 156 valence electrons. The van der Waals surface area contributed by atoms with Gasteiger partial charge in [0.05, 0.1) is 26.2 Å². The minimum atomic E-state index is -0.496. The number of methoxy groups -OCH3 is 2. The number of ether oxygens (including phenoxy) is 5. The minimum Gasteiger partial charge on any atom is -0.496 e. The van der Waals surface area contributed by atoms with Gasteiger partial charge in [0.2, 0.25) is 6.79 Å². The Morgan fingerprint density at radius 3 is 2.50 bits per heavy atom. The highest BCUT2D eigenvalue weighted by molar-refractivity contribution is 6.16. The summed E-state index contributed by atoms with van der Waals surface area (Å²) in [6.45, 7) is 3.96. The fourth-order valence-corrected chi connectivity index (χ4v) is 3.51. The maximum atomic E-state index is 13.1. The summed E-state index contributed by atoms with van der Waals surface area (Å²) in [4.78, 5) is 25.9. The molecule has 0 unspecified atom stereocenters. The lowest BCUT2D eigenvalue weighted by molar-refractivity contribution is 0.0890. The molecular formula is C23H22O7. The lowest BCUT2D eigenvalue weighted by atomic mass is 9.94. The SMILES string of the molecule is COc1cc2c(c(OC)c1C(=O)CC(=O)c1ccc3c(c1)OCO3)C=CC(C)(C)O2. The van der Waals surface area contributed by atoms with Gasteiger partial charge in [0.15, 0.2) is 23.1 Å². The second-order valence-corrected chi connectivity index (χ2v) is 7.53. The highest BCUT2D eigenvalue weighted by Crippen LogP contribution is 2.44. The van der Waals surface area contributed by atoms with E-state index in [-0.39, 0.29) is 24.6 Å². The first-order chi connectivity index (χ1) is 14.3. The van der Waals surface area contributed by atoms with Crippen molar-refractivity contribution in [2.75, 3.05) is 21.0 Å². The molecule has 0 aromatic heterocycles. The molecule has 0 amide bonds. The third-order valence-electron chi connectivity index (χ3n) is 4.99. The quantitative estimate of drug-likeness (QED) is 0.524. The lowest BCUT2D eigenvalue weighted by Gasteiger charge is -2.29. The Hall–Kier alpha value is -3.48. The zero-order chi connectivity index (χ0) is 21.5. The topological polar surface area (TPSA) is 80.3 Å². The van der Waals surface area contributed by atoms with Gasteiger partial charge >= 0.3 is 0 Å². The number of carbonyl (C=O) groups is 2. The summed E-state index contributed by atoms with van der Waals surface area (Å²) in [5, 5.41) is 0. The predicted octanol–water partition coefficient (Wildman–Crippen LogP) is 4.07. The third-order valence-corrected chi connectivity index (χ3v) is 4.99. The van der Waals surface area contributed by atoms with Crippen LogP contribution in [0, 0.1) is 0 Å². The molecule has 4 rings (SSSR count). The molecule has 7 heteroatoms. The minimum absolute atomic E-state index is 0.113. The molecule has 7 nitrogen and oxygen atoms in total. The largest absolute Gasteiger partial charge is 0.496 e. The summed E-state index contributed by atoms with van der Waals surface area (Å²) in [6.07, 6.45) is 3.39. The van der Waals surface area contributed by atoms with E-state index in [4.69, 9.17) is 23.7 Å². The summed E-state index contributed by atoms with van der Waals surface area (Å²) in [5.41, 5.74) is 0.718. The fraction of sp³-hybridized carbons (Fsp3) is 0.304. The molecule has 2 aromatic rings. The van der Waals surface area contributed by atoms with E-state index in [1.165, 1.54) is 14.2 Å². The highest BCUT2D eigenvalue weighted by atomic mass is 16.7. The van der Waals surface area contributed by atoms with Crippen molar-refractivity contribution in [3.63, 3.8) is 0 Å². The van der Waals surface area contributed by atoms with Crippen LogP contribution < -0.4 is 23.7 Å². The second-order valence-electron chi connectivity index (χ2n) is 7.53. The molecule has 2 heterocycles. The van der Waals surface area contributed by atoms with E-state index in [0.29, 0.717) is 39.9 Å². The van der Waals surface area contributed by atoms with Crippen LogP contribution in [0.15, 0.2) is 30.3 Å². The zero-order valence-electron chi connectivity index (χ0n) is 17.2. The molecule has 0 spiro atoms. The Balaban J connectivity index is 1.67. The Morgan fingerprint density at radius 2 is 1.77 bits per heavy atom. The van der Waals surface area contributed by atoms with Crippen molar-refractivity contribution in [2.45, 2.75) is 25.9 Å². The number of hydrogen-bond donors (Lipinski definition) is 0. The number of rotatable bonds is 6. The highest BCUT2D eigenvalue weighted by Gasteiger charge is 2.31. The normalized spacial score (nSPS) is 15.2. The van der Waals surface area contributed by atoms with Gasteiger partial charge in [-0.2, -0.15) is 0 Å². The second kappa shape index (κ2) is 7.40. The molecule has 0 radical (unpaired) electrons. The van der Waals surface area contributed by atoms with Gasteiger partial charge in [0, 0.05) is 11.6 Å². The Kier molecular flexibility index (Phi) is 4.89. The molecule has 0 aliphatic carbocycles. The fourth-order valence-electron chi connectivity index (χ4n) is 3.51. The Morgan fingerprint density at radius 1 is 1.00 bits per heavy atom.